The van der Waals surface area contributed by atoms with Gasteiger partial charge >= 0.3 is 12.1 Å². The van der Waals surface area contributed by atoms with Crippen LogP contribution in [0.5, 0.6) is 0 Å². The fraction of sp³-hybridized carbons (Fsp3) is 0.281. The van der Waals surface area contributed by atoms with Crippen LogP contribution in [0.1, 0.15) is 31.4 Å². The van der Waals surface area contributed by atoms with Crippen molar-refractivity contribution in [1.82, 2.24) is 39.9 Å². The summed E-state index contributed by atoms with van der Waals surface area (Å²) >= 11 is 0. The number of carbonyl (C=O) groups is 2. The maximum atomic E-state index is 13.1. The van der Waals surface area contributed by atoms with E-state index in [1.54, 1.807) is 35.1 Å². The van der Waals surface area contributed by atoms with Crippen molar-refractivity contribution in [2.45, 2.75) is 38.3 Å². The number of aromatic nitrogens is 5. The summed E-state index contributed by atoms with van der Waals surface area (Å²) < 4.78 is 29.8. The number of halogens is 2. The van der Waals surface area contributed by atoms with Gasteiger partial charge in [-0.25, -0.2) is 27.9 Å². The molecule has 11 nitrogen and oxygen atoms in total. The Bertz CT molecular complexity index is 1790. The lowest BCUT2D eigenvalue weighted by Gasteiger charge is -2.32. The fourth-order valence-electron chi connectivity index (χ4n) is 5.30. The van der Waals surface area contributed by atoms with Crippen molar-refractivity contribution in [3.05, 3.63) is 91.0 Å². The maximum absolute atomic E-state index is 13.1. The molecule has 0 radical (unpaired) electrons. The van der Waals surface area contributed by atoms with Crippen LogP contribution in [0.15, 0.2) is 85.5 Å². The van der Waals surface area contributed by atoms with Crippen LogP contribution in [0, 0.1) is 0 Å². The molecule has 0 unspecified atom stereocenters. The highest BCUT2D eigenvalue weighted by Gasteiger charge is 2.25. The number of alkyl halides is 2. The van der Waals surface area contributed by atoms with E-state index < -0.39 is 18.5 Å². The Hall–Kier alpha value is -5.33. The Balaban J connectivity index is 1.07. The van der Waals surface area contributed by atoms with Crippen molar-refractivity contribution in [2.75, 3.05) is 25.0 Å². The molecule has 6 rings (SSSR count). The van der Waals surface area contributed by atoms with E-state index in [4.69, 9.17) is 0 Å². The van der Waals surface area contributed by atoms with Crippen molar-refractivity contribution in [3.63, 3.8) is 0 Å². The number of amides is 4. The zero-order valence-corrected chi connectivity index (χ0v) is 24.7. The minimum absolute atomic E-state index is 0.0512. The first-order chi connectivity index (χ1) is 21.7. The zero-order valence-electron chi connectivity index (χ0n) is 24.7. The van der Waals surface area contributed by atoms with Gasteiger partial charge in [0, 0.05) is 55.1 Å². The number of imidazole rings is 1. The van der Waals surface area contributed by atoms with Crippen molar-refractivity contribution in [2.24, 2.45) is 0 Å². The van der Waals surface area contributed by atoms with Crippen LogP contribution in [-0.2, 0) is 6.54 Å². The first kappa shape index (κ1) is 29.7. The average molecular weight is 614 g/mol. The molecule has 3 N–H and O–H groups in total. The van der Waals surface area contributed by atoms with Crippen LogP contribution < -0.4 is 16.0 Å². The highest BCUT2D eigenvalue weighted by atomic mass is 19.3. The Kier molecular flexibility index (Phi) is 8.41. The number of urea groups is 2. The Morgan fingerprint density at radius 3 is 2.47 bits per heavy atom. The molecule has 4 heterocycles. The molecule has 5 aromatic rings. The SMILES string of the molecule is CC(F)(F)CNC(=O)Nc1cccc(-c2cnc3cc(-c4cnn(C5CCN(C(=O)NCc6ccccc6)CC5)c4)cnn23)c1. The minimum atomic E-state index is -3.00. The highest BCUT2D eigenvalue weighted by Crippen LogP contribution is 2.28. The topological polar surface area (TPSA) is 121 Å². The van der Waals surface area contributed by atoms with Gasteiger partial charge in [0.15, 0.2) is 5.65 Å². The van der Waals surface area contributed by atoms with Crippen molar-refractivity contribution >= 4 is 23.4 Å². The van der Waals surface area contributed by atoms with Crippen molar-refractivity contribution in [1.29, 1.82) is 0 Å². The lowest BCUT2D eigenvalue weighted by atomic mass is 10.1. The quantitative estimate of drug-likeness (QED) is 0.211. The van der Waals surface area contributed by atoms with E-state index in [0.29, 0.717) is 36.7 Å². The van der Waals surface area contributed by atoms with Crippen LogP contribution in [0.25, 0.3) is 28.0 Å². The van der Waals surface area contributed by atoms with Gasteiger partial charge in [-0.3, -0.25) is 4.68 Å². The number of anilines is 1. The van der Waals surface area contributed by atoms with Gasteiger partial charge in [0.05, 0.1) is 36.9 Å². The number of nitrogens with one attached hydrogen (secondary N) is 3. The summed E-state index contributed by atoms with van der Waals surface area (Å²) in [6.07, 6.45) is 8.87. The number of fused-ring (bicyclic) bond motifs is 1. The molecular formula is C32H33F2N9O2. The lowest BCUT2D eigenvalue weighted by Crippen LogP contribution is -2.44. The smallest absolute Gasteiger partial charge is 0.319 e. The van der Waals surface area contributed by atoms with E-state index in [2.05, 4.69) is 31.1 Å². The lowest BCUT2D eigenvalue weighted by molar-refractivity contribution is 0.0257. The number of hydrogen-bond donors (Lipinski definition) is 3. The second-order valence-electron chi connectivity index (χ2n) is 11.2. The summed E-state index contributed by atoms with van der Waals surface area (Å²) in [5.41, 5.74) is 5.37. The number of likely N-dealkylation sites (tertiary alicyclic amines) is 1. The predicted molar refractivity (Wildman–Crippen MR) is 166 cm³/mol. The molecule has 1 saturated heterocycles. The van der Waals surface area contributed by atoms with Gasteiger partial charge in [-0.05, 0) is 36.6 Å². The van der Waals surface area contributed by atoms with Gasteiger partial charge < -0.3 is 20.9 Å². The summed E-state index contributed by atoms with van der Waals surface area (Å²) in [7, 11) is 0. The van der Waals surface area contributed by atoms with Crippen LogP contribution in [0.2, 0.25) is 0 Å². The fourth-order valence-corrected chi connectivity index (χ4v) is 5.30. The third-order valence-electron chi connectivity index (χ3n) is 7.68. The molecule has 45 heavy (non-hydrogen) atoms. The van der Waals surface area contributed by atoms with Gasteiger partial charge in [0.1, 0.15) is 0 Å². The average Bonchev–Trinajstić information content (AvgIpc) is 3.71. The number of nitrogens with zero attached hydrogens (tertiary/aromatic N) is 6. The molecule has 0 saturated carbocycles. The summed E-state index contributed by atoms with van der Waals surface area (Å²) in [5, 5.41) is 17.0. The summed E-state index contributed by atoms with van der Waals surface area (Å²) in [6, 6.07) is 18.2. The molecule has 0 bridgehead atoms. The van der Waals surface area contributed by atoms with Gasteiger partial charge in [-0.2, -0.15) is 10.2 Å². The van der Waals surface area contributed by atoms with Crippen LogP contribution in [0.3, 0.4) is 0 Å². The summed E-state index contributed by atoms with van der Waals surface area (Å²) in [6.45, 7) is 1.79. The second-order valence-corrected chi connectivity index (χ2v) is 11.2. The molecule has 2 aromatic carbocycles. The Morgan fingerprint density at radius 2 is 1.69 bits per heavy atom. The number of benzene rings is 2. The first-order valence-corrected chi connectivity index (χ1v) is 14.7. The first-order valence-electron chi connectivity index (χ1n) is 14.7. The second kappa shape index (κ2) is 12.7. The van der Waals surface area contributed by atoms with Gasteiger partial charge in [0.2, 0.25) is 0 Å². The molecular weight excluding hydrogens is 580 g/mol. The minimum Gasteiger partial charge on any atom is -0.334 e. The van der Waals surface area contributed by atoms with E-state index in [-0.39, 0.29) is 12.1 Å². The maximum Gasteiger partial charge on any atom is 0.319 e. The van der Waals surface area contributed by atoms with Gasteiger partial charge in [-0.15, -0.1) is 0 Å². The third-order valence-corrected chi connectivity index (χ3v) is 7.68. The van der Waals surface area contributed by atoms with Crippen LogP contribution in [0.4, 0.5) is 24.1 Å². The number of piperidine rings is 1. The van der Waals surface area contributed by atoms with Gasteiger partial charge in [-0.1, -0.05) is 42.5 Å². The van der Waals surface area contributed by atoms with E-state index >= 15 is 0 Å². The van der Waals surface area contributed by atoms with Gasteiger partial charge in [0.25, 0.3) is 5.92 Å². The molecule has 1 fully saturated rings. The molecule has 4 amide bonds. The monoisotopic (exact) mass is 613 g/mol. The molecule has 1 aliphatic rings. The molecule has 0 aliphatic carbocycles. The van der Waals surface area contributed by atoms with Crippen molar-refractivity contribution in [3.8, 4) is 22.4 Å². The molecule has 1 aliphatic heterocycles. The highest BCUT2D eigenvalue weighted by molar-refractivity contribution is 5.90. The normalized spacial score (nSPS) is 14.0. The molecule has 0 spiro atoms. The number of rotatable bonds is 8. The third kappa shape index (κ3) is 7.25. The molecule has 13 heteroatoms. The van der Waals surface area contributed by atoms with E-state index in [1.165, 1.54) is 0 Å². The summed E-state index contributed by atoms with van der Waals surface area (Å²) in [4.78, 5) is 31.1. The van der Waals surface area contributed by atoms with Crippen LogP contribution >= 0.6 is 0 Å². The number of carbonyl (C=O) groups excluding carboxylic acids is 2. The molecule has 232 valence electrons. The van der Waals surface area contributed by atoms with E-state index in [0.717, 1.165) is 42.0 Å². The standard InChI is InChI=1S/C32H33F2N9O2/c1-32(33,34)21-37-30(44)40-26-9-5-8-23(14-26)28-19-35-29-15-24(17-39-43(28)29)25-18-38-42(20-25)27-10-12-41(13-11-27)31(45)36-16-22-6-3-2-4-7-22/h2-9,14-15,17-20,27H,10-13,16,21H2,1H3,(H,36,45)(H2,37,40,44). The van der Waals surface area contributed by atoms with Crippen molar-refractivity contribution < 1.29 is 18.4 Å². The van der Waals surface area contributed by atoms with E-state index in [1.807, 2.05) is 64.4 Å². The molecule has 0 atom stereocenters. The van der Waals surface area contributed by atoms with E-state index in [9.17, 15) is 18.4 Å². The predicted octanol–water partition coefficient (Wildman–Crippen LogP) is 5.58. The zero-order chi connectivity index (χ0) is 31.4. The largest absolute Gasteiger partial charge is 0.334 e. The number of hydrogen-bond acceptors (Lipinski definition) is 5. The Morgan fingerprint density at radius 1 is 0.911 bits per heavy atom. The van der Waals surface area contributed by atoms with Crippen LogP contribution in [-0.4, -0.2) is 66.9 Å². The Labute approximate surface area is 258 Å². The summed E-state index contributed by atoms with van der Waals surface area (Å²) in [5.74, 6) is -3.00. The molecule has 3 aromatic heterocycles.